The van der Waals surface area contributed by atoms with Crippen molar-refractivity contribution in [3.63, 3.8) is 0 Å². The zero-order valence-electron chi connectivity index (χ0n) is 7.43. The summed E-state index contributed by atoms with van der Waals surface area (Å²) < 4.78 is 0. The molecule has 2 aliphatic rings. The Labute approximate surface area is 80.2 Å². The first kappa shape index (κ1) is 9.21. The molecule has 5 heteroatoms. The summed E-state index contributed by atoms with van der Waals surface area (Å²) in [7, 11) is 0. The molecule has 4 N–H and O–H groups in total. The minimum Gasteiger partial charge on any atom is -0.481 e. The van der Waals surface area contributed by atoms with E-state index in [-0.39, 0.29) is 12.3 Å². The highest BCUT2D eigenvalue weighted by Gasteiger charge is 2.71. The summed E-state index contributed by atoms with van der Waals surface area (Å²) >= 11 is 0. The second-order valence-corrected chi connectivity index (χ2v) is 4.10. The van der Waals surface area contributed by atoms with Crippen molar-refractivity contribution in [1.82, 2.24) is 0 Å². The van der Waals surface area contributed by atoms with Gasteiger partial charge in [0.05, 0.1) is 5.92 Å². The van der Waals surface area contributed by atoms with Gasteiger partial charge in [-0.15, -0.1) is 0 Å². The molecule has 0 heterocycles. The summed E-state index contributed by atoms with van der Waals surface area (Å²) in [5.74, 6) is -3.44. The number of aliphatic carboxylic acids is 2. The molecule has 0 radical (unpaired) electrons. The number of carboxylic acid groups (broad SMARTS) is 2. The third-order valence-electron chi connectivity index (χ3n) is 3.29. The molecule has 0 spiro atoms. The first-order valence-corrected chi connectivity index (χ1v) is 4.32. The second-order valence-electron chi connectivity index (χ2n) is 4.10. The predicted octanol–water partition coefficient (Wildman–Crippen LogP) is -0.325. The van der Waals surface area contributed by atoms with Crippen molar-refractivity contribution >= 4 is 11.9 Å². The van der Waals surface area contributed by atoms with E-state index in [4.69, 9.17) is 15.9 Å². The van der Waals surface area contributed by atoms with E-state index in [1.807, 2.05) is 0 Å². The Morgan fingerprint density at radius 1 is 1.50 bits per heavy atom. The van der Waals surface area contributed by atoms with Crippen LogP contribution in [-0.4, -0.2) is 27.7 Å². The molecule has 0 bridgehead atoms. The van der Waals surface area contributed by atoms with Gasteiger partial charge in [0, 0.05) is 5.92 Å². The Morgan fingerprint density at radius 2 is 2.07 bits per heavy atom. The summed E-state index contributed by atoms with van der Waals surface area (Å²) in [6.45, 7) is 3.68. The molecule has 4 atom stereocenters. The van der Waals surface area contributed by atoms with Gasteiger partial charge in [0.25, 0.3) is 0 Å². The van der Waals surface area contributed by atoms with Crippen molar-refractivity contribution in [2.75, 3.05) is 0 Å². The van der Waals surface area contributed by atoms with Gasteiger partial charge in [-0.25, -0.2) is 0 Å². The molecule has 2 rings (SSSR count). The Balaban J connectivity index is 2.31. The molecule has 0 amide bonds. The highest BCUT2D eigenvalue weighted by Crippen LogP contribution is 2.63. The molecule has 2 fully saturated rings. The number of rotatable bonds is 2. The summed E-state index contributed by atoms with van der Waals surface area (Å²) in [4.78, 5) is 21.7. The number of carbonyl (C=O) groups is 2. The van der Waals surface area contributed by atoms with Gasteiger partial charge in [-0.3, -0.25) is 9.59 Å². The maximum Gasteiger partial charge on any atom is 0.324 e. The van der Waals surface area contributed by atoms with E-state index >= 15 is 0 Å². The van der Waals surface area contributed by atoms with Crippen LogP contribution in [0, 0.1) is 17.8 Å². The Kier molecular flexibility index (Phi) is 1.55. The Morgan fingerprint density at radius 3 is 2.43 bits per heavy atom. The van der Waals surface area contributed by atoms with E-state index in [9.17, 15) is 9.59 Å². The molecule has 0 saturated heterocycles. The van der Waals surface area contributed by atoms with Crippen LogP contribution >= 0.6 is 0 Å². The van der Waals surface area contributed by atoms with Crippen molar-refractivity contribution in [2.24, 2.45) is 23.5 Å². The van der Waals surface area contributed by atoms with Crippen molar-refractivity contribution in [3.05, 3.63) is 12.2 Å². The zero-order chi connectivity index (χ0) is 10.7. The van der Waals surface area contributed by atoms with E-state index < -0.39 is 29.3 Å². The highest BCUT2D eigenvalue weighted by atomic mass is 16.4. The molecule has 14 heavy (non-hydrogen) atoms. The third kappa shape index (κ3) is 0.874. The Bertz CT molecular complexity index is 347. The van der Waals surface area contributed by atoms with Crippen LogP contribution in [0.25, 0.3) is 0 Å². The quantitative estimate of drug-likeness (QED) is 0.526. The molecule has 0 aromatic rings. The minimum absolute atomic E-state index is 0.196. The van der Waals surface area contributed by atoms with Gasteiger partial charge in [-0.1, -0.05) is 12.2 Å². The fourth-order valence-electron chi connectivity index (χ4n) is 2.60. The fraction of sp³-hybridized carbons (Fsp3) is 0.556. The number of nitrogens with two attached hydrogens (primary N) is 1. The van der Waals surface area contributed by atoms with Gasteiger partial charge in [0.15, 0.2) is 0 Å². The summed E-state index contributed by atoms with van der Waals surface area (Å²) in [5.41, 5.74) is 4.93. The molecule has 2 saturated carbocycles. The van der Waals surface area contributed by atoms with Crippen LogP contribution in [0.2, 0.25) is 0 Å². The monoisotopic (exact) mass is 197 g/mol. The smallest absolute Gasteiger partial charge is 0.324 e. The van der Waals surface area contributed by atoms with Gasteiger partial charge in [0.2, 0.25) is 0 Å². The molecular weight excluding hydrogens is 186 g/mol. The Hall–Kier alpha value is -1.36. The largest absolute Gasteiger partial charge is 0.481 e. The molecule has 0 aromatic heterocycles. The summed E-state index contributed by atoms with van der Waals surface area (Å²) in [5, 5.41) is 17.7. The zero-order valence-corrected chi connectivity index (χ0v) is 7.43. The molecule has 76 valence electrons. The molecule has 0 aromatic carbocycles. The molecule has 5 nitrogen and oxygen atoms in total. The average molecular weight is 197 g/mol. The lowest BCUT2D eigenvalue weighted by Gasteiger charge is -2.21. The first-order valence-electron chi connectivity index (χ1n) is 4.32. The second kappa shape index (κ2) is 2.36. The van der Waals surface area contributed by atoms with Crippen LogP contribution in [0.15, 0.2) is 12.2 Å². The lowest BCUT2D eigenvalue weighted by atomic mass is 9.90. The first-order chi connectivity index (χ1) is 6.39. The highest BCUT2D eigenvalue weighted by molar-refractivity contribution is 5.86. The van der Waals surface area contributed by atoms with Crippen LogP contribution in [0.1, 0.15) is 6.42 Å². The van der Waals surface area contributed by atoms with Crippen LogP contribution in [-0.2, 0) is 9.59 Å². The van der Waals surface area contributed by atoms with Gasteiger partial charge < -0.3 is 15.9 Å². The molecular formula is C9H11NO4. The van der Waals surface area contributed by atoms with Crippen molar-refractivity contribution in [3.8, 4) is 0 Å². The fourth-order valence-corrected chi connectivity index (χ4v) is 2.60. The lowest BCUT2D eigenvalue weighted by molar-refractivity contribution is -0.145. The number of fused-ring (bicyclic) bond motifs is 1. The van der Waals surface area contributed by atoms with Gasteiger partial charge in [-0.2, -0.15) is 0 Å². The van der Waals surface area contributed by atoms with Crippen LogP contribution in [0.3, 0.4) is 0 Å². The standard InChI is InChI=1S/C9H11NO4/c1-3-2-9(10,8(13)14)6-4(3)5(6)7(11)12/h4-6H,1-2,10H2,(H,11,12)(H,13,14). The van der Waals surface area contributed by atoms with Gasteiger partial charge in [0.1, 0.15) is 5.54 Å². The van der Waals surface area contributed by atoms with E-state index in [1.54, 1.807) is 0 Å². The van der Waals surface area contributed by atoms with Gasteiger partial charge in [-0.05, 0) is 12.3 Å². The van der Waals surface area contributed by atoms with Crippen molar-refractivity contribution in [1.29, 1.82) is 0 Å². The minimum atomic E-state index is -1.41. The van der Waals surface area contributed by atoms with Crippen LogP contribution < -0.4 is 5.73 Å². The SMILES string of the molecule is C=C1CC(N)(C(=O)O)C2C1C2C(=O)O. The van der Waals surface area contributed by atoms with Crippen LogP contribution in [0.4, 0.5) is 0 Å². The number of hydrogen-bond acceptors (Lipinski definition) is 3. The summed E-state index contributed by atoms with van der Waals surface area (Å²) in [6.07, 6.45) is 0.196. The van der Waals surface area contributed by atoms with Gasteiger partial charge >= 0.3 is 11.9 Å². The maximum atomic E-state index is 10.9. The number of carboxylic acids is 2. The summed E-state index contributed by atoms with van der Waals surface area (Å²) in [6, 6.07) is 0. The third-order valence-corrected chi connectivity index (χ3v) is 3.29. The van der Waals surface area contributed by atoms with E-state index in [0.29, 0.717) is 5.57 Å². The normalized spacial score (nSPS) is 44.6. The lowest BCUT2D eigenvalue weighted by Crippen LogP contribution is -2.49. The topological polar surface area (TPSA) is 101 Å². The maximum absolute atomic E-state index is 10.9. The van der Waals surface area contributed by atoms with Crippen molar-refractivity contribution < 1.29 is 19.8 Å². The van der Waals surface area contributed by atoms with Crippen LogP contribution in [0.5, 0.6) is 0 Å². The number of hydrogen-bond donors (Lipinski definition) is 3. The average Bonchev–Trinajstić information content (AvgIpc) is 2.72. The predicted molar refractivity (Wildman–Crippen MR) is 46.4 cm³/mol. The molecule has 0 aliphatic heterocycles. The van der Waals surface area contributed by atoms with E-state index in [2.05, 4.69) is 6.58 Å². The van der Waals surface area contributed by atoms with Crippen molar-refractivity contribution in [2.45, 2.75) is 12.0 Å². The van der Waals surface area contributed by atoms with E-state index in [1.165, 1.54) is 0 Å². The molecule has 4 unspecified atom stereocenters. The van der Waals surface area contributed by atoms with E-state index in [0.717, 1.165) is 0 Å². The molecule has 2 aliphatic carbocycles.